The highest BCUT2D eigenvalue weighted by atomic mass is 16.4. The van der Waals surface area contributed by atoms with Gasteiger partial charge in [-0.1, -0.05) is 0 Å². The zero-order valence-corrected chi connectivity index (χ0v) is 11.4. The number of carboxylic acid groups (broad SMARTS) is 1. The maximum atomic E-state index is 12.2. The summed E-state index contributed by atoms with van der Waals surface area (Å²) in [5, 5.41) is 11.8. The zero-order valence-electron chi connectivity index (χ0n) is 11.4. The summed E-state index contributed by atoms with van der Waals surface area (Å²) in [5.74, 6) is -0.842. The molecule has 0 radical (unpaired) electrons. The third-order valence-electron chi connectivity index (χ3n) is 3.26. The number of amides is 1. The maximum absolute atomic E-state index is 12.2. The van der Waals surface area contributed by atoms with Crippen molar-refractivity contribution in [3.05, 3.63) is 18.1 Å². The predicted octanol–water partition coefficient (Wildman–Crippen LogP) is 0.988. The van der Waals surface area contributed by atoms with Gasteiger partial charge in [-0.3, -0.25) is 9.78 Å². The largest absolute Gasteiger partial charge is 0.476 e. The zero-order chi connectivity index (χ0) is 14.5. The second kappa shape index (κ2) is 6.31. The molecular formula is C13H18N4O3. The van der Waals surface area contributed by atoms with Crippen molar-refractivity contribution in [2.75, 3.05) is 18.4 Å². The van der Waals surface area contributed by atoms with E-state index in [1.54, 1.807) is 6.92 Å². The van der Waals surface area contributed by atoms with Crippen molar-refractivity contribution in [2.45, 2.75) is 32.2 Å². The molecule has 1 fully saturated rings. The lowest BCUT2D eigenvalue weighted by atomic mass is 10.1. The highest BCUT2D eigenvalue weighted by Gasteiger charge is 2.22. The Morgan fingerprint density at radius 2 is 2.00 bits per heavy atom. The number of carbonyl (C=O) groups excluding carboxylic acids is 1. The summed E-state index contributed by atoms with van der Waals surface area (Å²) in [5.41, 5.74) is -0.146. The summed E-state index contributed by atoms with van der Waals surface area (Å²) in [6.07, 6.45) is 5.81. The van der Waals surface area contributed by atoms with Crippen LogP contribution in [0.3, 0.4) is 0 Å². The standard InChI is InChI=1S/C13H18N4O3/c1-9(12(18)17-5-3-2-4-6-17)15-11-8-14-7-10(16-11)13(19)20/h7-9H,2-6H2,1H3,(H,15,16)(H,19,20). The van der Waals surface area contributed by atoms with Crippen LogP contribution in [0.5, 0.6) is 0 Å². The Morgan fingerprint density at radius 3 is 2.65 bits per heavy atom. The molecule has 2 heterocycles. The first-order valence-corrected chi connectivity index (χ1v) is 6.68. The van der Waals surface area contributed by atoms with Crippen molar-refractivity contribution in [3.8, 4) is 0 Å². The molecular weight excluding hydrogens is 260 g/mol. The first-order valence-electron chi connectivity index (χ1n) is 6.68. The summed E-state index contributed by atoms with van der Waals surface area (Å²) < 4.78 is 0. The van der Waals surface area contributed by atoms with Gasteiger partial charge in [-0.05, 0) is 26.2 Å². The Balaban J connectivity index is 1.99. The number of nitrogens with zero attached hydrogens (tertiary/aromatic N) is 3. The molecule has 7 heteroatoms. The molecule has 0 aromatic carbocycles. The van der Waals surface area contributed by atoms with E-state index in [9.17, 15) is 9.59 Å². The van der Waals surface area contributed by atoms with Crippen LogP contribution in [0.4, 0.5) is 5.82 Å². The number of carboxylic acids is 1. The van der Waals surface area contributed by atoms with Crippen LogP contribution in [0, 0.1) is 0 Å². The van der Waals surface area contributed by atoms with Gasteiger partial charge in [-0.2, -0.15) is 0 Å². The minimum Gasteiger partial charge on any atom is -0.476 e. The molecule has 1 atom stereocenters. The molecule has 1 amide bonds. The van der Waals surface area contributed by atoms with E-state index >= 15 is 0 Å². The molecule has 1 aliphatic rings. The molecule has 2 rings (SSSR count). The molecule has 20 heavy (non-hydrogen) atoms. The van der Waals surface area contributed by atoms with E-state index in [0.717, 1.165) is 32.4 Å². The molecule has 2 N–H and O–H groups in total. The quantitative estimate of drug-likeness (QED) is 0.852. The fraction of sp³-hybridized carbons (Fsp3) is 0.538. The molecule has 1 unspecified atom stereocenters. The fourth-order valence-corrected chi connectivity index (χ4v) is 2.21. The molecule has 1 aromatic heterocycles. The monoisotopic (exact) mass is 278 g/mol. The van der Waals surface area contributed by atoms with Crippen molar-refractivity contribution in [1.29, 1.82) is 0 Å². The Morgan fingerprint density at radius 1 is 1.30 bits per heavy atom. The van der Waals surface area contributed by atoms with Crippen molar-refractivity contribution in [2.24, 2.45) is 0 Å². The van der Waals surface area contributed by atoms with Crippen molar-refractivity contribution < 1.29 is 14.7 Å². The molecule has 108 valence electrons. The number of piperidine rings is 1. The molecule has 7 nitrogen and oxygen atoms in total. The smallest absolute Gasteiger partial charge is 0.356 e. The van der Waals surface area contributed by atoms with Crippen molar-refractivity contribution >= 4 is 17.7 Å². The van der Waals surface area contributed by atoms with E-state index in [1.165, 1.54) is 12.4 Å². The lowest BCUT2D eigenvalue weighted by Crippen LogP contribution is -2.44. The van der Waals surface area contributed by atoms with Gasteiger partial charge in [-0.15, -0.1) is 0 Å². The van der Waals surface area contributed by atoms with E-state index in [-0.39, 0.29) is 11.6 Å². The number of carbonyl (C=O) groups is 2. The van der Waals surface area contributed by atoms with Crippen molar-refractivity contribution in [1.82, 2.24) is 14.9 Å². The van der Waals surface area contributed by atoms with Crippen LogP contribution >= 0.6 is 0 Å². The Labute approximate surface area is 117 Å². The number of aromatic carboxylic acids is 1. The van der Waals surface area contributed by atoms with Gasteiger partial charge in [-0.25, -0.2) is 9.78 Å². The number of likely N-dealkylation sites (tertiary alicyclic amines) is 1. The molecule has 1 saturated heterocycles. The first-order chi connectivity index (χ1) is 9.58. The lowest BCUT2D eigenvalue weighted by Gasteiger charge is -2.29. The summed E-state index contributed by atoms with van der Waals surface area (Å²) in [6.45, 7) is 3.31. The average molecular weight is 278 g/mol. The third-order valence-corrected chi connectivity index (χ3v) is 3.26. The molecule has 1 aliphatic heterocycles. The molecule has 0 spiro atoms. The van der Waals surface area contributed by atoms with Crippen LogP contribution in [-0.2, 0) is 4.79 Å². The van der Waals surface area contributed by atoms with E-state index in [1.807, 2.05) is 4.90 Å². The van der Waals surface area contributed by atoms with Gasteiger partial charge in [0.25, 0.3) is 0 Å². The topological polar surface area (TPSA) is 95.4 Å². The van der Waals surface area contributed by atoms with Crippen LogP contribution in [0.1, 0.15) is 36.7 Å². The van der Waals surface area contributed by atoms with Crippen LogP contribution in [-0.4, -0.2) is 51.0 Å². The highest BCUT2D eigenvalue weighted by molar-refractivity contribution is 5.86. The highest BCUT2D eigenvalue weighted by Crippen LogP contribution is 2.12. The van der Waals surface area contributed by atoms with Gasteiger partial charge < -0.3 is 15.3 Å². The van der Waals surface area contributed by atoms with E-state index in [2.05, 4.69) is 15.3 Å². The Hall–Kier alpha value is -2.18. The Bertz CT molecular complexity index is 500. The fourth-order valence-electron chi connectivity index (χ4n) is 2.21. The number of hydrogen-bond donors (Lipinski definition) is 2. The van der Waals surface area contributed by atoms with Gasteiger partial charge >= 0.3 is 5.97 Å². The second-order valence-corrected chi connectivity index (χ2v) is 4.85. The minimum atomic E-state index is -1.14. The summed E-state index contributed by atoms with van der Waals surface area (Å²) in [4.78, 5) is 32.6. The van der Waals surface area contributed by atoms with E-state index < -0.39 is 12.0 Å². The SMILES string of the molecule is CC(Nc1cncc(C(=O)O)n1)C(=O)N1CCCCC1. The average Bonchev–Trinajstić information content (AvgIpc) is 2.47. The van der Waals surface area contributed by atoms with Crippen LogP contribution in [0.2, 0.25) is 0 Å². The molecule has 1 aromatic rings. The first kappa shape index (κ1) is 14.2. The summed E-state index contributed by atoms with van der Waals surface area (Å²) >= 11 is 0. The van der Waals surface area contributed by atoms with Gasteiger partial charge in [0, 0.05) is 13.1 Å². The number of aromatic nitrogens is 2. The number of nitrogens with one attached hydrogen (secondary N) is 1. The molecule has 0 bridgehead atoms. The summed E-state index contributed by atoms with van der Waals surface area (Å²) in [6, 6.07) is -0.452. The molecule has 0 aliphatic carbocycles. The number of rotatable bonds is 4. The van der Waals surface area contributed by atoms with Gasteiger partial charge in [0.05, 0.1) is 12.4 Å². The Kier molecular flexibility index (Phi) is 4.49. The maximum Gasteiger partial charge on any atom is 0.356 e. The van der Waals surface area contributed by atoms with Gasteiger partial charge in [0.1, 0.15) is 11.9 Å². The van der Waals surface area contributed by atoms with Gasteiger partial charge in [0.2, 0.25) is 5.91 Å². The number of anilines is 1. The summed E-state index contributed by atoms with van der Waals surface area (Å²) in [7, 11) is 0. The van der Waals surface area contributed by atoms with Crippen LogP contribution < -0.4 is 5.32 Å². The normalized spacial score (nSPS) is 16.6. The second-order valence-electron chi connectivity index (χ2n) is 4.85. The van der Waals surface area contributed by atoms with Gasteiger partial charge in [0.15, 0.2) is 5.69 Å². The lowest BCUT2D eigenvalue weighted by molar-refractivity contribution is -0.132. The third kappa shape index (κ3) is 3.43. The van der Waals surface area contributed by atoms with Crippen LogP contribution in [0.15, 0.2) is 12.4 Å². The van der Waals surface area contributed by atoms with Crippen LogP contribution in [0.25, 0.3) is 0 Å². The molecule has 0 saturated carbocycles. The minimum absolute atomic E-state index is 0.00669. The van der Waals surface area contributed by atoms with E-state index in [0.29, 0.717) is 5.82 Å². The number of hydrogen-bond acceptors (Lipinski definition) is 5. The van der Waals surface area contributed by atoms with Crippen molar-refractivity contribution in [3.63, 3.8) is 0 Å². The predicted molar refractivity (Wildman–Crippen MR) is 72.5 cm³/mol. The van der Waals surface area contributed by atoms with E-state index in [4.69, 9.17) is 5.11 Å².